The molecule has 1 aliphatic carbocycles. The Kier molecular flexibility index (Phi) is 2.84. The number of halogens is 1. The summed E-state index contributed by atoms with van der Waals surface area (Å²) < 4.78 is 18.4. The van der Waals surface area contributed by atoms with Crippen molar-refractivity contribution in [2.45, 2.75) is 37.4 Å². The second-order valence-electron chi connectivity index (χ2n) is 3.44. The fraction of sp³-hybridized carbons (Fsp3) is 1.00. The van der Waals surface area contributed by atoms with Gasteiger partial charge in [-0.15, -0.1) is 0 Å². The lowest BCUT2D eigenvalue weighted by Crippen LogP contribution is -2.40. The number of hydrogen-bond donors (Lipinski definition) is 1. The summed E-state index contributed by atoms with van der Waals surface area (Å²) in [5, 5.41) is 0. The molecule has 0 heterocycles. The highest BCUT2D eigenvalue weighted by molar-refractivity contribution is 4.88. The van der Waals surface area contributed by atoms with Crippen molar-refractivity contribution >= 4 is 0 Å². The summed E-state index contributed by atoms with van der Waals surface area (Å²) in [6.07, 6.45) is 2.91. The Labute approximate surface area is 66.9 Å². The van der Waals surface area contributed by atoms with E-state index >= 15 is 0 Å². The molecular weight excluding hydrogens is 145 g/mol. The van der Waals surface area contributed by atoms with Crippen LogP contribution in [0.3, 0.4) is 0 Å². The van der Waals surface area contributed by atoms with Gasteiger partial charge in [-0.2, -0.15) is 0 Å². The van der Waals surface area contributed by atoms with Gasteiger partial charge in [0, 0.05) is 13.2 Å². The molecule has 0 aromatic carbocycles. The third-order valence-electron chi connectivity index (χ3n) is 2.23. The summed E-state index contributed by atoms with van der Waals surface area (Å²) in [6.45, 7) is 0.195. The molecule has 0 bridgehead atoms. The first-order valence-electron chi connectivity index (χ1n) is 4.10. The highest BCUT2D eigenvalue weighted by Gasteiger charge is 2.34. The quantitative estimate of drug-likeness (QED) is 0.661. The van der Waals surface area contributed by atoms with E-state index in [9.17, 15) is 4.39 Å². The van der Waals surface area contributed by atoms with Gasteiger partial charge in [-0.25, -0.2) is 4.39 Å². The lowest BCUT2D eigenvalue weighted by atomic mass is 9.84. The topological polar surface area (TPSA) is 35.2 Å². The van der Waals surface area contributed by atoms with Crippen LogP contribution in [0.15, 0.2) is 0 Å². The van der Waals surface area contributed by atoms with Crippen molar-refractivity contribution < 1.29 is 9.13 Å². The first-order chi connectivity index (χ1) is 5.16. The third-order valence-corrected chi connectivity index (χ3v) is 2.23. The molecule has 1 saturated carbocycles. The number of rotatable bonds is 2. The maximum absolute atomic E-state index is 13.6. The summed E-state index contributed by atoms with van der Waals surface area (Å²) >= 11 is 0. The van der Waals surface area contributed by atoms with Crippen LogP contribution in [0.5, 0.6) is 0 Å². The largest absolute Gasteiger partial charge is 0.381 e. The van der Waals surface area contributed by atoms with Crippen molar-refractivity contribution in [1.82, 2.24) is 0 Å². The van der Waals surface area contributed by atoms with E-state index in [-0.39, 0.29) is 12.6 Å². The van der Waals surface area contributed by atoms with Crippen molar-refractivity contribution in [3.63, 3.8) is 0 Å². The normalized spacial score (nSPS) is 39.0. The Bertz CT molecular complexity index is 127. The second-order valence-corrected chi connectivity index (χ2v) is 3.44. The fourth-order valence-corrected chi connectivity index (χ4v) is 1.74. The first kappa shape index (κ1) is 8.94. The van der Waals surface area contributed by atoms with Crippen molar-refractivity contribution in [1.29, 1.82) is 0 Å². The number of ether oxygens (including phenoxy) is 1. The van der Waals surface area contributed by atoms with Gasteiger partial charge in [0.05, 0.1) is 6.61 Å². The predicted molar refractivity (Wildman–Crippen MR) is 42.2 cm³/mol. The molecule has 66 valence electrons. The average Bonchev–Trinajstić information content (AvgIpc) is 1.86. The van der Waals surface area contributed by atoms with Gasteiger partial charge in [0.15, 0.2) is 0 Å². The molecule has 11 heavy (non-hydrogen) atoms. The Balaban J connectivity index is 2.41. The van der Waals surface area contributed by atoms with Gasteiger partial charge in [0.2, 0.25) is 0 Å². The van der Waals surface area contributed by atoms with Gasteiger partial charge in [0.1, 0.15) is 5.67 Å². The van der Waals surface area contributed by atoms with Crippen LogP contribution in [0.25, 0.3) is 0 Å². The summed E-state index contributed by atoms with van der Waals surface area (Å²) in [4.78, 5) is 0. The molecule has 0 radical (unpaired) electrons. The van der Waals surface area contributed by atoms with Crippen LogP contribution in [0.4, 0.5) is 4.39 Å². The lowest BCUT2D eigenvalue weighted by Gasteiger charge is -2.32. The lowest BCUT2D eigenvalue weighted by molar-refractivity contribution is 0.00794. The number of nitrogens with two attached hydrogens (primary N) is 1. The summed E-state index contributed by atoms with van der Waals surface area (Å²) in [5.74, 6) is 0. The maximum Gasteiger partial charge on any atom is 0.135 e. The molecule has 2 N–H and O–H groups in total. The zero-order valence-corrected chi connectivity index (χ0v) is 6.98. The van der Waals surface area contributed by atoms with E-state index in [2.05, 4.69) is 0 Å². The molecule has 0 aromatic rings. The number of alkyl halides is 1. The van der Waals surface area contributed by atoms with Crippen molar-refractivity contribution in [2.24, 2.45) is 5.73 Å². The minimum Gasteiger partial charge on any atom is -0.381 e. The van der Waals surface area contributed by atoms with Crippen LogP contribution in [0, 0.1) is 0 Å². The fourth-order valence-electron chi connectivity index (χ4n) is 1.74. The predicted octanol–water partition coefficient (Wildman–Crippen LogP) is 1.24. The highest BCUT2D eigenvalue weighted by Crippen LogP contribution is 2.31. The Hall–Kier alpha value is -0.150. The summed E-state index contributed by atoms with van der Waals surface area (Å²) in [7, 11) is 1.53. The van der Waals surface area contributed by atoms with Gasteiger partial charge < -0.3 is 10.5 Å². The summed E-state index contributed by atoms with van der Waals surface area (Å²) in [6, 6.07) is 0.0314. The van der Waals surface area contributed by atoms with E-state index in [0.717, 1.165) is 12.8 Å². The molecule has 3 heteroatoms. The minimum atomic E-state index is -1.15. The van der Waals surface area contributed by atoms with Gasteiger partial charge in [-0.05, 0) is 25.7 Å². The molecule has 0 aromatic heterocycles. The van der Waals surface area contributed by atoms with Crippen LogP contribution in [0.2, 0.25) is 0 Å². The van der Waals surface area contributed by atoms with E-state index in [4.69, 9.17) is 10.5 Å². The molecule has 0 aliphatic heterocycles. The SMILES string of the molecule is COCC1(F)CCCC(N)C1. The minimum absolute atomic E-state index is 0.0314. The monoisotopic (exact) mass is 161 g/mol. The molecule has 0 saturated heterocycles. The summed E-state index contributed by atoms with van der Waals surface area (Å²) in [5.41, 5.74) is 4.50. The zero-order chi connectivity index (χ0) is 8.32. The Morgan fingerprint density at radius 1 is 1.73 bits per heavy atom. The van der Waals surface area contributed by atoms with Crippen LogP contribution < -0.4 is 5.73 Å². The zero-order valence-electron chi connectivity index (χ0n) is 6.98. The molecule has 2 unspecified atom stereocenters. The molecular formula is C8H16FNO. The molecule has 1 aliphatic rings. The van der Waals surface area contributed by atoms with Gasteiger partial charge >= 0.3 is 0 Å². The van der Waals surface area contributed by atoms with Gasteiger partial charge in [0.25, 0.3) is 0 Å². The standard InChI is InChI=1S/C8H16FNO/c1-11-6-8(9)4-2-3-7(10)5-8/h7H,2-6,10H2,1H3. The first-order valence-corrected chi connectivity index (χ1v) is 4.10. The van der Waals surface area contributed by atoms with E-state index in [1.807, 2.05) is 0 Å². The van der Waals surface area contributed by atoms with Crippen LogP contribution in [-0.4, -0.2) is 25.4 Å². The maximum atomic E-state index is 13.6. The number of hydrogen-bond acceptors (Lipinski definition) is 2. The Morgan fingerprint density at radius 2 is 2.45 bits per heavy atom. The van der Waals surface area contributed by atoms with Gasteiger partial charge in [-0.3, -0.25) is 0 Å². The third kappa shape index (κ3) is 2.42. The van der Waals surface area contributed by atoms with Crippen molar-refractivity contribution in [3.8, 4) is 0 Å². The van der Waals surface area contributed by atoms with Crippen LogP contribution in [-0.2, 0) is 4.74 Å². The van der Waals surface area contributed by atoms with E-state index < -0.39 is 5.67 Å². The Morgan fingerprint density at radius 3 is 3.00 bits per heavy atom. The molecule has 0 spiro atoms. The average molecular weight is 161 g/mol. The molecule has 2 nitrogen and oxygen atoms in total. The molecule has 0 amide bonds. The second kappa shape index (κ2) is 3.50. The van der Waals surface area contributed by atoms with E-state index in [1.165, 1.54) is 7.11 Å². The van der Waals surface area contributed by atoms with Crippen molar-refractivity contribution in [2.75, 3.05) is 13.7 Å². The van der Waals surface area contributed by atoms with Gasteiger partial charge in [-0.1, -0.05) is 0 Å². The smallest absolute Gasteiger partial charge is 0.135 e. The van der Waals surface area contributed by atoms with Crippen molar-refractivity contribution in [3.05, 3.63) is 0 Å². The molecule has 2 atom stereocenters. The highest BCUT2D eigenvalue weighted by atomic mass is 19.1. The van der Waals surface area contributed by atoms with Crippen LogP contribution in [0.1, 0.15) is 25.7 Å². The molecule has 1 rings (SSSR count). The van der Waals surface area contributed by atoms with E-state index in [0.29, 0.717) is 12.8 Å². The van der Waals surface area contributed by atoms with E-state index in [1.54, 1.807) is 0 Å². The number of methoxy groups -OCH3 is 1. The molecule has 1 fully saturated rings. The van der Waals surface area contributed by atoms with Crippen LogP contribution >= 0.6 is 0 Å².